The van der Waals surface area contributed by atoms with E-state index in [-0.39, 0.29) is 0 Å². The average molecular weight is 141 g/mol. The van der Waals surface area contributed by atoms with Gasteiger partial charge in [0.1, 0.15) is 0 Å². The first-order valence-corrected chi connectivity index (χ1v) is 4.17. The highest BCUT2D eigenvalue weighted by molar-refractivity contribution is 4.65. The van der Waals surface area contributed by atoms with Crippen LogP contribution in [0, 0.1) is 0 Å². The Morgan fingerprint density at radius 1 is 1.20 bits per heavy atom. The highest BCUT2D eigenvalue weighted by atomic mass is 14.8. The molecule has 60 valence electrons. The summed E-state index contributed by atoms with van der Waals surface area (Å²) < 4.78 is 0. The number of rotatable bonds is 7. The lowest BCUT2D eigenvalue weighted by molar-refractivity contribution is 0.621. The van der Waals surface area contributed by atoms with E-state index in [2.05, 4.69) is 11.9 Å². The summed E-state index contributed by atoms with van der Waals surface area (Å²) in [5, 5.41) is 3.14. The average Bonchev–Trinajstić information content (AvgIpc) is 1.97. The monoisotopic (exact) mass is 141 g/mol. The molecule has 0 saturated carbocycles. The summed E-state index contributed by atoms with van der Waals surface area (Å²) in [4.78, 5) is 0. The summed E-state index contributed by atoms with van der Waals surface area (Å²) in [6.07, 6.45) is 8.51. The predicted octanol–water partition coefficient (Wildman–Crippen LogP) is 2.34. The summed E-state index contributed by atoms with van der Waals surface area (Å²) >= 11 is 0. The van der Waals surface area contributed by atoms with Crippen LogP contribution in [0.4, 0.5) is 0 Å². The summed E-state index contributed by atoms with van der Waals surface area (Å²) in [5.74, 6) is 0. The van der Waals surface area contributed by atoms with Crippen LogP contribution in [0.2, 0.25) is 0 Å². The zero-order valence-corrected chi connectivity index (χ0v) is 7.03. The first kappa shape index (κ1) is 9.70. The van der Waals surface area contributed by atoms with Gasteiger partial charge < -0.3 is 5.32 Å². The molecule has 0 amide bonds. The molecular formula is C9H19N. The smallest absolute Gasteiger partial charge is 0.00519 e. The molecule has 0 fully saturated rings. The standard InChI is InChI=1S/C9H19N/c1-3-4-5-6-7-8-9-10-2/h3,10H,1,4-9H2,2H3. The molecule has 1 N–H and O–H groups in total. The summed E-state index contributed by atoms with van der Waals surface area (Å²) in [6.45, 7) is 4.84. The Balaban J connectivity index is 2.70. The van der Waals surface area contributed by atoms with Gasteiger partial charge in [-0.1, -0.05) is 18.9 Å². The van der Waals surface area contributed by atoms with E-state index in [9.17, 15) is 0 Å². The largest absolute Gasteiger partial charge is 0.320 e. The second-order valence-electron chi connectivity index (χ2n) is 2.60. The van der Waals surface area contributed by atoms with Gasteiger partial charge in [0.2, 0.25) is 0 Å². The Bertz CT molecular complexity index is 69.1. The molecule has 0 unspecified atom stereocenters. The van der Waals surface area contributed by atoms with Gasteiger partial charge in [0, 0.05) is 0 Å². The molecule has 0 aliphatic carbocycles. The molecule has 0 saturated heterocycles. The van der Waals surface area contributed by atoms with Crippen molar-refractivity contribution >= 4 is 0 Å². The fraction of sp³-hybridized carbons (Fsp3) is 0.778. The number of hydrogen-bond acceptors (Lipinski definition) is 1. The Morgan fingerprint density at radius 3 is 2.50 bits per heavy atom. The fourth-order valence-corrected chi connectivity index (χ4v) is 0.944. The third-order valence-corrected chi connectivity index (χ3v) is 1.59. The molecule has 10 heavy (non-hydrogen) atoms. The van der Waals surface area contributed by atoms with E-state index in [1.54, 1.807) is 0 Å². The fourth-order valence-electron chi connectivity index (χ4n) is 0.944. The van der Waals surface area contributed by atoms with Crippen LogP contribution in [-0.2, 0) is 0 Å². The summed E-state index contributed by atoms with van der Waals surface area (Å²) in [6, 6.07) is 0. The van der Waals surface area contributed by atoms with Gasteiger partial charge in [-0.2, -0.15) is 0 Å². The Hall–Kier alpha value is -0.300. The van der Waals surface area contributed by atoms with Crippen molar-refractivity contribution in [3.63, 3.8) is 0 Å². The number of allylic oxidation sites excluding steroid dienone is 1. The minimum absolute atomic E-state index is 1.16. The molecule has 0 aromatic heterocycles. The first-order chi connectivity index (χ1) is 4.91. The maximum absolute atomic E-state index is 3.68. The second kappa shape index (κ2) is 8.70. The predicted molar refractivity (Wildman–Crippen MR) is 47.2 cm³/mol. The van der Waals surface area contributed by atoms with Crippen LogP contribution in [0.25, 0.3) is 0 Å². The van der Waals surface area contributed by atoms with Crippen LogP contribution >= 0.6 is 0 Å². The molecule has 1 nitrogen and oxygen atoms in total. The van der Waals surface area contributed by atoms with Gasteiger partial charge in [-0.25, -0.2) is 0 Å². The van der Waals surface area contributed by atoms with Gasteiger partial charge in [0.05, 0.1) is 0 Å². The highest BCUT2D eigenvalue weighted by Crippen LogP contribution is 2.01. The number of nitrogens with one attached hydrogen (secondary N) is 1. The quantitative estimate of drug-likeness (QED) is 0.424. The summed E-state index contributed by atoms with van der Waals surface area (Å²) in [5.41, 5.74) is 0. The lowest BCUT2D eigenvalue weighted by Gasteiger charge is -1.97. The molecule has 1 heteroatoms. The summed E-state index contributed by atoms with van der Waals surface area (Å²) in [7, 11) is 2.00. The Morgan fingerprint density at radius 2 is 1.90 bits per heavy atom. The zero-order chi connectivity index (χ0) is 7.66. The van der Waals surface area contributed by atoms with Crippen molar-refractivity contribution in [2.45, 2.75) is 32.1 Å². The van der Waals surface area contributed by atoms with E-state index in [1.165, 1.54) is 32.1 Å². The normalized spacial score (nSPS) is 9.70. The Kier molecular flexibility index (Phi) is 8.44. The molecule has 0 spiro atoms. The molecule has 0 aromatic rings. The van der Waals surface area contributed by atoms with Crippen LogP contribution in [0.3, 0.4) is 0 Å². The molecule has 0 aliphatic rings. The lowest BCUT2D eigenvalue weighted by atomic mass is 10.1. The minimum atomic E-state index is 1.16. The van der Waals surface area contributed by atoms with Crippen molar-refractivity contribution in [2.75, 3.05) is 13.6 Å². The van der Waals surface area contributed by atoms with Crippen molar-refractivity contribution in [2.24, 2.45) is 0 Å². The van der Waals surface area contributed by atoms with Crippen molar-refractivity contribution < 1.29 is 0 Å². The van der Waals surface area contributed by atoms with Crippen LogP contribution in [0.1, 0.15) is 32.1 Å². The highest BCUT2D eigenvalue weighted by Gasteiger charge is 1.86. The topological polar surface area (TPSA) is 12.0 Å². The van der Waals surface area contributed by atoms with E-state index in [1.807, 2.05) is 13.1 Å². The maximum Gasteiger partial charge on any atom is -0.00519 e. The van der Waals surface area contributed by atoms with Gasteiger partial charge in [-0.3, -0.25) is 0 Å². The first-order valence-electron chi connectivity index (χ1n) is 4.17. The Labute approximate surface area is 64.5 Å². The molecular weight excluding hydrogens is 122 g/mol. The molecule has 0 radical (unpaired) electrons. The molecule has 0 rings (SSSR count). The third-order valence-electron chi connectivity index (χ3n) is 1.59. The van der Waals surface area contributed by atoms with E-state index in [0.717, 1.165) is 6.54 Å². The van der Waals surface area contributed by atoms with Crippen molar-refractivity contribution in [1.29, 1.82) is 0 Å². The van der Waals surface area contributed by atoms with E-state index < -0.39 is 0 Å². The maximum atomic E-state index is 3.68. The van der Waals surface area contributed by atoms with Gasteiger partial charge in [-0.05, 0) is 32.9 Å². The third kappa shape index (κ3) is 7.70. The van der Waals surface area contributed by atoms with Gasteiger partial charge >= 0.3 is 0 Å². The number of unbranched alkanes of at least 4 members (excludes halogenated alkanes) is 4. The van der Waals surface area contributed by atoms with Crippen molar-refractivity contribution in [3.05, 3.63) is 12.7 Å². The minimum Gasteiger partial charge on any atom is -0.320 e. The zero-order valence-electron chi connectivity index (χ0n) is 7.03. The van der Waals surface area contributed by atoms with Gasteiger partial charge in [0.15, 0.2) is 0 Å². The van der Waals surface area contributed by atoms with Crippen molar-refractivity contribution in [3.8, 4) is 0 Å². The molecule has 0 aromatic carbocycles. The SMILES string of the molecule is C=CCCCCCCNC. The van der Waals surface area contributed by atoms with Crippen LogP contribution in [-0.4, -0.2) is 13.6 Å². The molecule has 0 heterocycles. The molecule has 0 atom stereocenters. The van der Waals surface area contributed by atoms with Crippen LogP contribution in [0.5, 0.6) is 0 Å². The van der Waals surface area contributed by atoms with E-state index in [0.29, 0.717) is 0 Å². The molecule has 0 bridgehead atoms. The van der Waals surface area contributed by atoms with E-state index >= 15 is 0 Å². The second-order valence-corrected chi connectivity index (χ2v) is 2.60. The van der Waals surface area contributed by atoms with Crippen LogP contribution in [0.15, 0.2) is 12.7 Å². The van der Waals surface area contributed by atoms with Crippen molar-refractivity contribution in [1.82, 2.24) is 5.32 Å². The lowest BCUT2D eigenvalue weighted by Crippen LogP contribution is -2.06. The van der Waals surface area contributed by atoms with Crippen LogP contribution < -0.4 is 5.32 Å². The number of hydrogen-bond donors (Lipinski definition) is 1. The molecule has 0 aliphatic heterocycles. The van der Waals surface area contributed by atoms with Gasteiger partial charge in [-0.15, -0.1) is 6.58 Å². The van der Waals surface area contributed by atoms with E-state index in [4.69, 9.17) is 0 Å². The van der Waals surface area contributed by atoms with Gasteiger partial charge in [0.25, 0.3) is 0 Å².